The van der Waals surface area contributed by atoms with E-state index in [4.69, 9.17) is 27.1 Å². The van der Waals surface area contributed by atoms with Crippen molar-refractivity contribution in [3.05, 3.63) is 176 Å². The van der Waals surface area contributed by atoms with Crippen LogP contribution in [0.5, 0.6) is 23.0 Å². The highest BCUT2D eigenvalue weighted by Gasteiger charge is 2.36. The van der Waals surface area contributed by atoms with Crippen LogP contribution in [-0.4, -0.2) is 0 Å². The maximum Gasteiger partial charge on any atom is 0.530 e. The summed E-state index contributed by atoms with van der Waals surface area (Å²) in [7, 11) is -3.75. The Morgan fingerprint density at radius 1 is 0.362 bits per heavy atom. The van der Waals surface area contributed by atoms with Crippen molar-refractivity contribution >= 4 is 29.0 Å². The molecule has 0 unspecified atom stereocenters. The Hall–Kier alpha value is -4.35. The minimum atomic E-state index is -2.04. The lowest BCUT2D eigenvalue weighted by atomic mass is 9.78. The molecule has 0 N–H and O–H groups in total. The van der Waals surface area contributed by atoms with Crippen LogP contribution in [0.4, 0.5) is 0 Å². The minimum Gasteiger partial charge on any atom is -0.426 e. The smallest absolute Gasteiger partial charge is 0.426 e. The number of hydrogen-bond acceptors (Lipinski definition) is 7. The van der Waals surface area contributed by atoms with E-state index >= 15 is 0 Å². The second kappa shape index (κ2) is 22.0. The third-order valence-corrected chi connectivity index (χ3v) is 14.8. The summed E-state index contributed by atoms with van der Waals surface area (Å²) in [6.07, 6.45) is 0. The van der Waals surface area contributed by atoms with E-state index in [9.17, 15) is 0 Å². The summed E-state index contributed by atoms with van der Waals surface area (Å²) < 4.78 is 41.0. The largest absolute Gasteiger partial charge is 0.530 e. The van der Waals surface area contributed by atoms with Gasteiger partial charge in [0.2, 0.25) is 0 Å². The average Bonchev–Trinajstić information content (AvgIpc) is 3.24. The molecule has 0 atom stereocenters. The van der Waals surface area contributed by atoms with Gasteiger partial charge in [-0.1, -0.05) is 191 Å². The zero-order chi connectivity index (χ0) is 50.6. The van der Waals surface area contributed by atoms with Crippen molar-refractivity contribution in [3.8, 4) is 23.0 Å². The molecule has 69 heavy (non-hydrogen) atoms. The first-order valence-electron chi connectivity index (χ1n) is 24.0. The van der Waals surface area contributed by atoms with Crippen molar-refractivity contribution in [2.45, 2.75) is 169 Å². The Bertz CT molecular complexity index is 2460. The van der Waals surface area contributed by atoms with Crippen molar-refractivity contribution in [3.63, 3.8) is 0 Å². The lowest BCUT2D eigenvalue weighted by molar-refractivity contribution is 0.191. The molecule has 0 spiro atoms. The summed E-state index contributed by atoms with van der Waals surface area (Å²) in [4.78, 5) is 2.20. The van der Waals surface area contributed by atoms with Crippen molar-refractivity contribution in [2.75, 3.05) is 0 Å². The van der Waals surface area contributed by atoms with Crippen LogP contribution in [0.3, 0.4) is 0 Å². The molecule has 0 heterocycles. The summed E-state index contributed by atoms with van der Waals surface area (Å²) in [5.41, 5.74) is 12.2. The maximum absolute atomic E-state index is 7.32. The predicted octanol–water partition coefficient (Wildman–Crippen LogP) is 18.7. The molecule has 0 saturated carbocycles. The Balaban J connectivity index is 1.34. The third kappa shape index (κ3) is 14.4. The molecule has 0 aliphatic rings. The quantitative estimate of drug-likeness (QED) is 0.0896. The molecule has 6 nitrogen and oxygen atoms in total. The van der Waals surface area contributed by atoms with E-state index in [0.29, 0.717) is 13.2 Å². The molecule has 9 heteroatoms. The Morgan fingerprint density at radius 2 is 0.638 bits per heavy atom. The molecule has 6 aromatic rings. The lowest BCUT2D eigenvalue weighted by Gasteiger charge is -2.33. The second-order valence-electron chi connectivity index (χ2n) is 22.6. The molecule has 0 fully saturated rings. The molecule has 0 saturated heterocycles. The van der Waals surface area contributed by atoms with Crippen LogP contribution < -0.4 is 18.1 Å². The van der Waals surface area contributed by atoms with Crippen molar-refractivity contribution in [1.29, 1.82) is 0 Å². The minimum absolute atomic E-state index is 0.208. The predicted molar refractivity (Wildman–Crippen MR) is 292 cm³/mol. The lowest BCUT2D eigenvalue weighted by Crippen LogP contribution is -2.22. The van der Waals surface area contributed by atoms with Gasteiger partial charge in [-0.05, 0) is 121 Å². The van der Waals surface area contributed by atoms with Gasteiger partial charge in [0, 0.05) is 32.0 Å². The van der Waals surface area contributed by atoms with E-state index in [1.165, 1.54) is 11.1 Å². The molecular weight excluding hydrogens is 911 g/mol. The highest BCUT2D eigenvalue weighted by Crippen LogP contribution is 2.54. The summed E-state index contributed by atoms with van der Waals surface area (Å²) >= 11 is 1.72. The van der Waals surface area contributed by atoms with E-state index in [1.54, 1.807) is 11.8 Å². The topological polar surface area (TPSA) is 55.4 Å². The van der Waals surface area contributed by atoms with Gasteiger partial charge in [0.15, 0.2) is 0 Å². The van der Waals surface area contributed by atoms with Gasteiger partial charge in [0.25, 0.3) is 0 Å². The van der Waals surface area contributed by atoms with Crippen LogP contribution in [0.25, 0.3) is 0 Å². The highest BCUT2D eigenvalue weighted by molar-refractivity contribution is 7.99. The van der Waals surface area contributed by atoms with Gasteiger partial charge in [-0.15, -0.1) is 0 Å². The molecule has 0 aliphatic carbocycles. The van der Waals surface area contributed by atoms with Crippen molar-refractivity contribution in [2.24, 2.45) is 0 Å². The summed E-state index contributed by atoms with van der Waals surface area (Å²) in [5, 5.41) is 0. The number of rotatable bonds is 16. The van der Waals surface area contributed by atoms with Gasteiger partial charge in [-0.3, -0.25) is 9.05 Å². The van der Waals surface area contributed by atoms with E-state index in [2.05, 4.69) is 173 Å². The first-order valence-corrected chi connectivity index (χ1v) is 27.1. The van der Waals surface area contributed by atoms with E-state index in [0.717, 1.165) is 88.4 Å². The third-order valence-electron chi connectivity index (χ3n) is 11.8. The second-order valence-corrected chi connectivity index (χ2v) is 25.9. The van der Waals surface area contributed by atoms with Crippen molar-refractivity contribution in [1.82, 2.24) is 0 Å². The van der Waals surface area contributed by atoms with E-state index in [-0.39, 0.29) is 21.7 Å². The normalized spacial score (nSPS) is 12.5. The fraction of sp³-hybridized carbons (Fsp3) is 0.400. The fourth-order valence-corrected chi connectivity index (χ4v) is 11.8. The van der Waals surface area contributed by atoms with Gasteiger partial charge in [-0.25, -0.2) is 0 Å². The van der Waals surface area contributed by atoms with Gasteiger partial charge in [-0.2, -0.15) is 0 Å². The van der Waals surface area contributed by atoms with Crippen LogP contribution in [0.15, 0.2) is 119 Å². The highest BCUT2D eigenvalue weighted by atomic mass is 32.2. The number of benzene rings is 6. The van der Waals surface area contributed by atoms with Gasteiger partial charge < -0.3 is 18.1 Å². The fourth-order valence-electron chi connectivity index (χ4n) is 8.18. The monoisotopic (exact) mass is 986 g/mol. The zero-order valence-corrected chi connectivity index (χ0v) is 47.2. The SMILES string of the molecule is Cc1cc(C(C)(C)C)c(OP(Oc2c(C)cc(Sc3cc(C)c(OP(OCc4ccccc4)OCc4ccccc4)c(C)c3)cc2C)Oc2c(C(C)(C)C)cc(C)cc2C(C)(C)C)c(C(C)(C)C)c1. The molecule has 0 bridgehead atoms. The molecule has 0 aromatic heterocycles. The summed E-state index contributed by atoms with van der Waals surface area (Å²) in [6, 6.07) is 38.0. The molecule has 6 aromatic carbocycles. The zero-order valence-electron chi connectivity index (χ0n) is 44.6. The molecular formula is C60H76O6P2S. The van der Waals surface area contributed by atoms with Gasteiger partial charge in [0.1, 0.15) is 23.0 Å². The first kappa shape index (κ1) is 54.0. The van der Waals surface area contributed by atoms with Crippen molar-refractivity contribution < 1.29 is 27.1 Å². The number of aryl methyl sites for hydroxylation is 6. The standard InChI is InChI=1S/C60H76O6P2S/c1-39-29-49(57(7,8)9)55(50(30-39)58(10,11)12)65-68(66-56-51(59(13,14)15)31-40(2)32-52(56)60(16,17)18)64-54-43(5)35-48(36-44(54)6)69-47-33-41(3)53(42(4)34-47)63-67(61-37-45-25-21-19-22-26-45)62-38-46-27-23-20-24-28-46/h19-36H,37-38H2,1-18H3. The summed E-state index contributed by atoms with van der Waals surface area (Å²) in [5.74, 6) is 3.18. The molecule has 0 radical (unpaired) electrons. The Labute approximate surface area is 422 Å². The van der Waals surface area contributed by atoms with Crippen LogP contribution in [0, 0.1) is 41.5 Å². The average molecular weight is 987 g/mol. The van der Waals surface area contributed by atoms with Crippen LogP contribution in [0.1, 0.15) is 150 Å². The Kier molecular flexibility index (Phi) is 17.2. The van der Waals surface area contributed by atoms with Gasteiger partial charge in [0.05, 0.1) is 13.2 Å². The Morgan fingerprint density at radius 3 is 0.928 bits per heavy atom. The van der Waals surface area contributed by atoms with Crippen LogP contribution in [-0.2, 0) is 43.9 Å². The summed E-state index contributed by atoms with van der Waals surface area (Å²) in [6.45, 7) is 40.4. The van der Waals surface area contributed by atoms with E-state index < -0.39 is 17.2 Å². The van der Waals surface area contributed by atoms with Crippen LogP contribution in [0.2, 0.25) is 0 Å². The van der Waals surface area contributed by atoms with Crippen LogP contribution >= 0.6 is 29.0 Å². The van der Waals surface area contributed by atoms with E-state index in [1.807, 2.05) is 60.7 Å². The van der Waals surface area contributed by atoms with Gasteiger partial charge >= 0.3 is 17.2 Å². The molecule has 6 rings (SSSR count). The maximum atomic E-state index is 7.32. The first-order chi connectivity index (χ1) is 32.2. The number of hydrogen-bond donors (Lipinski definition) is 0. The molecule has 0 amide bonds. The molecule has 0 aliphatic heterocycles. The molecule has 368 valence electrons.